The van der Waals surface area contributed by atoms with Gasteiger partial charge >= 0.3 is 12.1 Å². The molecular weight excluding hydrogens is 491 g/mol. The van der Waals surface area contributed by atoms with Crippen LogP contribution in [0.15, 0.2) is 30.3 Å². The van der Waals surface area contributed by atoms with Crippen LogP contribution in [0.2, 0.25) is 0 Å². The van der Waals surface area contributed by atoms with Gasteiger partial charge in [-0.15, -0.1) is 0 Å². The smallest absolute Gasteiger partial charge is 0.420 e. The molecule has 4 nitrogen and oxygen atoms in total. The molecule has 2 heterocycles. The number of aryl methyl sites for hydroxylation is 1. The lowest BCUT2D eigenvalue weighted by Crippen LogP contribution is -2.53. The molecule has 208 valence electrons. The van der Waals surface area contributed by atoms with E-state index in [1.165, 1.54) is 6.07 Å². The fourth-order valence-electron chi connectivity index (χ4n) is 7.25. The van der Waals surface area contributed by atoms with E-state index in [-0.39, 0.29) is 23.2 Å². The van der Waals surface area contributed by atoms with Gasteiger partial charge in [0.15, 0.2) is 0 Å². The molecular formula is C31H40F3NO3. The molecule has 0 amide bonds. The lowest BCUT2D eigenvalue weighted by atomic mass is 9.78. The first-order valence-corrected chi connectivity index (χ1v) is 14.5. The summed E-state index contributed by atoms with van der Waals surface area (Å²) in [6.07, 6.45) is 6.54. The number of hydrogen-bond donors (Lipinski definition) is 1. The van der Waals surface area contributed by atoms with Crippen molar-refractivity contribution >= 4 is 16.7 Å². The molecule has 1 saturated carbocycles. The largest absolute Gasteiger partial charge is 0.490 e. The van der Waals surface area contributed by atoms with Gasteiger partial charge in [0.25, 0.3) is 0 Å². The first-order chi connectivity index (χ1) is 18.2. The fraction of sp³-hybridized carbons (Fsp3) is 0.645. The number of carbonyl (C=O) groups is 1. The third kappa shape index (κ3) is 5.98. The van der Waals surface area contributed by atoms with Crippen LogP contribution in [0.25, 0.3) is 10.8 Å². The molecule has 5 rings (SSSR count). The molecule has 2 unspecified atom stereocenters. The second-order valence-electron chi connectivity index (χ2n) is 11.7. The minimum atomic E-state index is -4.49. The van der Waals surface area contributed by atoms with Crippen LogP contribution in [0.4, 0.5) is 13.2 Å². The van der Waals surface area contributed by atoms with Crippen molar-refractivity contribution in [3.63, 3.8) is 0 Å². The van der Waals surface area contributed by atoms with Gasteiger partial charge in [0.1, 0.15) is 11.3 Å². The Kier molecular flexibility index (Phi) is 8.22. The summed E-state index contributed by atoms with van der Waals surface area (Å²) in [5, 5.41) is 10.3. The molecule has 0 aromatic heterocycles. The summed E-state index contributed by atoms with van der Waals surface area (Å²) in [5.74, 6) is -0.296. The third-order valence-electron chi connectivity index (χ3n) is 9.35. The van der Waals surface area contributed by atoms with Crippen molar-refractivity contribution in [2.45, 2.75) is 108 Å². The number of ether oxygens (including phenoxy) is 1. The summed E-state index contributed by atoms with van der Waals surface area (Å²) in [6.45, 7) is 3.07. The lowest BCUT2D eigenvalue weighted by molar-refractivity contribution is -0.146. The van der Waals surface area contributed by atoms with E-state index in [4.69, 9.17) is 4.74 Å². The zero-order valence-corrected chi connectivity index (χ0v) is 22.3. The molecule has 2 saturated heterocycles. The number of carboxylic acid groups (broad SMARTS) is 1. The molecule has 3 fully saturated rings. The first kappa shape index (κ1) is 27.3. The van der Waals surface area contributed by atoms with E-state index >= 15 is 0 Å². The molecule has 2 bridgehead atoms. The molecule has 1 N–H and O–H groups in total. The van der Waals surface area contributed by atoms with E-state index in [1.54, 1.807) is 12.1 Å². The fourth-order valence-corrected chi connectivity index (χ4v) is 7.25. The van der Waals surface area contributed by atoms with E-state index in [2.05, 4.69) is 11.8 Å². The van der Waals surface area contributed by atoms with Gasteiger partial charge in [0.05, 0.1) is 12.0 Å². The SMILES string of the molecule is CC[C@H]1CC[C@@H](Oc2ccc3cc(CCCN4C5CCCC4CC(C(=O)O)C5)ccc3c2C(F)(F)F)CC1. The third-order valence-corrected chi connectivity index (χ3v) is 9.35. The zero-order valence-electron chi connectivity index (χ0n) is 22.3. The highest BCUT2D eigenvalue weighted by molar-refractivity contribution is 5.89. The maximum atomic E-state index is 14.2. The highest BCUT2D eigenvalue weighted by Crippen LogP contribution is 2.43. The molecule has 3 aliphatic rings. The summed E-state index contributed by atoms with van der Waals surface area (Å²) in [7, 11) is 0. The van der Waals surface area contributed by atoms with Crippen LogP contribution in [0, 0.1) is 11.8 Å². The average Bonchev–Trinajstić information content (AvgIpc) is 2.88. The minimum Gasteiger partial charge on any atom is -0.490 e. The Morgan fingerprint density at radius 3 is 2.37 bits per heavy atom. The van der Waals surface area contributed by atoms with Crippen molar-refractivity contribution in [1.29, 1.82) is 0 Å². The molecule has 2 atom stereocenters. The zero-order chi connectivity index (χ0) is 26.9. The molecule has 2 aromatic rings. The summed E-state index contributed by atoms with van der Waals surface area (Å²) in [5.41, 5.74) is 0.371. The number of hydrogen-bond acceptors (Lipinski definition) is 3. The summed E-state index contributed by atoms with van der Waals surface area (Å²) in [4.78, 5) is 14.0. The Balaban J connectivity index is 1.26. The molecule has 2 aromatic carbocycles. The van der Waals surface area contributed by atoms with Crippen LogP contribution in [-0.2, 0) is 17.4 Å². The van der Waals surface area contributed by atoms with E-state index in [0.717, 1.165) is 89.2 Å². The van der Waals surface area contributed by atoms with E-state index in [1.807, 2.05) is 12.1 Å². The number of fused-ring (bicyclic) bond motifs is 3. The molecule has 0 spiro atoms. The number of nitrogens with zero attached hydrogens (tertiary/aromatic N) is 1. The van der Waals surface area contributed by atoms with Crippen molar-refractivity contribution in [2.24, 2.45) is 11.8 Å². The second-order valence-corrected chi connectivity index (χ2v) is 11.7. The van der Waals surface area contributed by atoms with Crippen molar-refractivity contribution in [1.82, 2.24) is 4.90 Å². The standard InChI is InChI=1S/C31H40F3NO3/c1-2-20-8-12-26(13-9-20)38-28-15-11-22-17-21(10-14-27(22)29(28)31(32,33)34)5-4-16-35-24-6-3-7-25(35)19-23(18-24)30(36)37/h10-11,14-15,17,20,23-26H,2-9,12-13,16,18-19H2,1H3,(H,36,37)/t20-,23?,24?,25?,26+. The Labute approximate surface area is 223 Å². The number of alkyl halides is 3. The van der Waals surface area contributed by atoms with Gasteiger partial charge in [0.2, 0.25) is 0 Å². The van der Waals surface area contributed by atoms with Gasteiger partial charge in [-0.25, -0.2) is 0 Å². The number of halogens is 3. The summed E-state index contributed by atoms with van der Waals surface area (Å²) in [6, 6.07) is 9.27. The monoisotopic (exact) mass is 531 g/mol. The topological polar surface area (TPSA) is 49.8 Å². The molecule has 0 radical (unpaired) electrons. The maximum absolute atomic E-state index is 14.2. The van der Waals surface area contributed by atoms with Crippen LogP contribution in [0.1, 0.15) is 88.7 Å². The van der Waals surface area contributed by atoms with Gasteiger partial charge in [-0.1, -0.05) is 44.0 Å². The highest BCUT2D eigenvalue weighted by atomic mass is 19.4. The summed E-state index contributed by atoms with van der Waals surface area (Å²) >= 11 is 0. The van der Waals surface area contributed by atoms with Crippen LogP contribution >= 0.6 is 0 Å². The summed E-state index contributed by atoms with van der Waals surface area (Å²) < 4.78 is 48.6. The Bertz CT molecular complexity index is 1110. The quantitative estimate of drug-likeness (QED) is 0.377. The molecule has 2 aliphatic heterocycles. The van der Waals surface area contributed by atoms with Crippen molar-refractivity contribution in [3.05, 3.63) is 41.5 Å². The Morgan fingerprint density at radius 1 is 1.03 bits per heavy atom. The van der Waals surface area contributed by atoms with E-state index < -0.39 is 17.7 Å². The highest BCUT2D eigenvalue weighted by Gasteiger charge is 2.40. The normalized spacial score (nSPS) is 28.4. The van der Waals surface area contributed by atoms with Crippen molar-refractivity contribution < 1.29 is 27.8 Å². The van der Waals surface area contributed by atoms with E-state index in [0.29, 0.717) is 23.4 Å². The molecule has 38 heavy (non-hydrogen) atoms. The van der Waals surface area contributed by atoms with Gasteiger partial charge in [0, 0.05) is 12.1 Å². The van der Waals surface area contributed by atoms with Gasteiger partial charge in [-0.2, -0.15) is 13.2 Å². The Hall–Kier alpha value is -2.28. The van der Waals surface area contributed by atoms with Crippen LogP contribution in [0.5, 0.6) is 5.75 Å². The van der Waals surface area contributed by atoms with Crippen molar-refractivity contribution in [3.8, 4) is 5.75 Å². The Morgan fingerprint density at radius 2 is 1.74 bits per heavy atom. The predicted molar refractivity (Wildman–Crippen MR) is 142 cm³/mol. The van der Waals surface area contributed by atoms with Gasteiger partial charge in [-0.3, -0.25) is 9.69 Å². The second kappa shape index (κ2) is 11.4. The number of benzene rings is 2. The lowest BCUT2D eigenvalue weighted by Gasteiger charge is -2.48. The number of rotatable bonds is 8. The average molecular weight is 532 g/mol. The van der Waals surface area contributed by atoms with Gasteiger partial charge in [-0.05, 0) is 99.1 Å². The first-order valence-electron chi connectivity index (χ1n) is 14.5. The minimum absolute atomic E-state index is 0.0472. The van der Waals surface area contributed by atoms with Crippen LogP contribution in [0.3, 0.4) is 0 Å². The van der Waals surface area contributed by atoms with E-state index in [9.17, 15) is 23.1 Å². The predicted octanol–water partition coefficient (Wildman–Crippen LogP) is 7.86. The number of carboxylic acids is 1. The van der Waals surface area contributed by atoms with Crippen LogP contribution in [-0.4, -0.2) is 40.7 Å². The molecule has 7 heteroatoms. The molecule has 1 aliphatic carbocycles. The van der Waals surface area contributed by atoms with Gasteiger partial charge < -0.3 is 9.84 Å². The van der Waals surface area contributed by atoms with Crippen LogP contribution < -0.4 is 4.74 Å². The van der Waals surface area contributed by atoms with Crippen molar-refractivity contribution in [2.75, 3.05) is 6.54 Å². The maximum Gasteiger partial charge on any atom is 0.420 e. The number of aliphatic carboxylic acids is 1. The number of piperidine rings is 2.